The normalized spacial score (nSPS) is 21.5. The molecule has 1 atom stereocenters. The largest absolute Gasteiger partial charge is 0.465 e. The number of ether oxygens (including phenoxy) is 1. The molecule has 15 heavy (non-hydrogen) atoms. The first-order valence-corrected chi connectivity index (χ1v) is 5.04. The monoisotopic (exact) mass is 203 g/mol. The molecule has 3 nitrogen and oxygen atoms in total. The van der Waals surface area contributed by atoms with Crippen LogP contribution >= 0.6 is 0 Å². The van der Waals surface area contributed by atoms with Crippen molar-refractivity contribution < 1.29 is 9.53 Å². The van der Waals surface area contributed by atoms with Crippen molar-refractivity contribution in [1.29, 1.82) is 0 Å². The summed E-state index contributed by atoms with van der Waals surface area (Å²) in [6, 6.07) is 9.64. The van der Waals surface area contributed by atoms with Gasteiger partial charge < -0.3 is 4.74 Å². The molecule has 1 aliphatic heterocycles. The molecule has 1 aromatic rings. The zero-order valence-corrected chi connectivity index (χ0v) is 8.64. The smallest absolute Gasteiger partial charge is 0.314 e. The van der Waals surface area contributed by atoms with Crippen molar-refractivity contribution in [2.24, 2.45) is 10.9 Å². The Morgan fingerprint density at radius 2 is 2.13 bits per heavy atom. The lowest BCUT2D eigenvalue weighted by atomic mass is 10.0. The number of hydrogen-bond donors (Lipinski definition) is 0. The second-order valence-electron chi connectivity index (χ2n) is 3.60. The minimum atomic E-state index is -0.148. The van der Waals surface area contributed by atoms with E-state index in [2.05, 4.69) is 4.99 Å². The van der Waals surface area contributed by atoms with Gasteiger partial charge in [-0.3, -0.25) is 9.79 Å². The van der Waals surface area contributed by atoms with Crippen LogP contribution in [0.25, 0.3) is 0 Å². The Balaban J connectivity index is 2.17. The zero-order chi connectivity index (χ0) is 10.7. The van der Waals surface area contributed by atoms with Gasteiger partial charge in [-0.1, -0.05) is 18.2 Å². The van der Waals surface area contributed by atoms with Gasteiger partial charge in [0.05, 0.1) is 18.2 Å². The summed E-state index contributed by atoms with van der Waals surface area (Å²) in [5.74, 6) is -0.294. The molecule has 1 unspecified atom stereocenters. The molecule has 1 saturated heterocycles. The second-order valence-corrected chi connectivity index (χ2v) is 3.60. The highest BCUT2D eigenvalue weighted by Crippen LogP contribution is 2.19. The van der Waals surface area contributed by atoms with E-state index in [9.17, 15) is 4.79 Å². The number of carbonyl (C=O) groups is 1. The molecule has 0 amide bonds. The third kappa shape index (κ3) is 2.24. The van der Waals surface area contributed by atoms with Crippen molar-refractivity contribution in [1.82, 2.24) is 0 Å². The van der Waals surface area contributed by atoms with Gasteiger partial charge in [0.2, 0.25) is 0 Å². The van der Waals surface area contributed by atoms with E-state index in [4.69, 9.17) is 4.74 Å². The predicted molar refractivity (Wildman–Crippen MR) is 58.3 cm³/mol. The van der Waals surface area contributed by atoms with Gasteiger partial charge in [0, 0.05) is 12.1 Å². The van der Waals surface area contributed by atoms with Gasteiger partial charge in [0.15, 0.2) is 0 Å². The molecule has 0 radical (unpaired) electrons. The van der Waals surface area contributed by atoms with E-state index >= 15 is 0 Å². The molecule has 0 bridgehead atoms. The van der Waals surface area contributed by atoms with Crippen LogP contribution in [0, 0.1) is 5.92 Å². The van der Waals surface area contributed by atoms with E-state index < -0.39 is 0 Å². The van der Waals surface area contributed by atoms with Crippen molar-refractivity contribution in [2.75, 3.05) is 6.61 Å². The Morgan fingerprint density at radius 3 is 2.73 bits per heavy atom. The maximum Gasteiger partial charge on any atom is 0.314 e. The van der Waals surface area contributed by atoms with E-state index in [1.807, 2.05) is 37.3 Å². The van der Waals surface area contributed by atoms with Crippen LogP contribution in [-0.2, 0) is 9.53 Å². The number of cyclic esters (lactones) is 1. The van der Waals surface area contributed by atoms with Crippen LogP contribution in [0.4, 0.5) is 5.69 Å². The first-order valence-electron chi connectivity index (χ1n) is 5.04. The first-order chi connectivity index (χ1) is 7.27. The molecule has 0 aliphatic carbocycles. The van der Waals surface area contributed by atoms with Crippen molar-refractivity contribution in [3.8, 4) is 0 Å². The third-order valence-corrected chi connectivity index (χ3v) is 2.50. The Labute approximate surface area is 88.8 Å². The molecule has 2 rings (SSSR count). The first kappa shape index (κ1) is 9.90. The van der Waals surface area contributed by atoms with Crippen LogP contribution in [0.5, 0.6) is 0 Å². The van der Waals surface area contributed by atoms with E-state index in [-0.39, 0.29) is 11.9 Å². The summed E-state index contributed by atoms with van der Waals surface area (Å²) in [7, 11) is 0. The number of para-hydroxylation sites is 1. The van der Waals surface area contributed by atoms with Gasteiger partial charge in [-0.25, -0.2) is 0 Å². The molecule has 0 spiro atoms. The van der Waals surface area contributed by atoms with Gasteiger partial charge in [0.1, 0.15) is 0 Å². The van der Waals surface area contributed by atoms with E-state index in [0.29, 0.717) is 6.61 Å². The molecule has 78 valence electrons. The third-order valence-electron chi connectivity index (χ3n) is 2.50. The Hall–Kier alpha value is -1.64. The highest BCUT2D eigenvalue weighted by atomic mass is 16.5. The zero-order valence-electron chi connectivity index (χ0n) is 8.64. The van der Waals surface area contributed by atoms with E-state index in [1.54, 1.807) is 0 Å². The summed E-state index contributed by atoms with van der Waals surface area (Å²) in [4.78, 5) is 15.7. The lowest BCUT2D eigenvalue weighted by Crippen LogP contribution is -2.16. The summed E-state index contributed by atoms with van der Waals surface area (Å²) in [6.07, 6.45) is 0.751. The van der Waals surface area contributed by atoms with Crippen molar-refractivity contribution >= 4 is 17.4 Å². The molecule has 1 aliphatic rings. The van der Waals surface area contributed by atoms with Crippen molar-refractivity contribution in [3.63, 3.8) is 0 Å². The van der Waals surface area contributed by atoms with E-state index in [0.717, 1.165) is 17.8 Å². The van der Waals surface area contributed by atoms with E-state index in [1.165, 1.54) is 0 Å². The van der Waals surface area contributed by atoms with Crippen LogP contribution in [0.2, 0.25) is 0 Å². The quantitative estimate of drug-likeness (QED) is 0.546. The molecule has 1 aromatic carbocycles. The number of carbonyl (C=O) groups excluding carboxylic acids is 1. The van der Waals surface area contributed by atoms with Gasteiger partial charge in [-0.05, 0) is 19.1 Å². The SMILES string of the molecule is CC(=Nc1ccccc1)C1CCOC1=O. The molecule has 1 fully saturated rings. The summed E-state index contributed by atoms with van der Waals surface area (Å²) in [6.45, 7) is 2.40. The fourth-order valence-electron chi connectivity index (χ4n) is 1.66. The Bertz CT molecular complexity index is 384. The van der Waals surface area contributed by atoms with Crippen LogP contribution in [0.15, 0.2) is 35.3 Å². The lowest BCUT2D eigenvalue weighted by Gasteiger charge is -2.04. The average molecular weight is 203 g/mol. The highest BCUT2D eigenvalue weighted by molar-refractivity contribution is 6.02. The topological polar surface area (TPSA) is 38.7 Å². The molecule has 3 heteroatoms. The van der Waals surface area contributed by atoms with Crippen LogP contribution in [0.3, 0.4) is 0 Å². The number of nitrogens with zero attached hydrogens (tertiary/aromatic N) is 1. The minimum absolute atomic E-state index is 0.146. The summed E-state index contributed by atoms with van der Waals surface area (Å²) < 4.78 is 4.90. The lowest BCUT2D eigenvalue weighted by molar-refractivity contribution is -0.139. The Morgan fingerprint density at radius 1 is 1.40 bits per heavy atom. The fraction of sp³-hybridized carbons (Fsp3) is 0.333. The standard InChI is InChI=1S/C12H13NO2/c1-9(11-7-8-15-12(11)14)13-10-5-3-2-4-6-10/h2-6,11H,7-8H2,1H3. The minimum Gasteiger partial charge on any atom is -0.465 e. The highest BCUT2D eigenvalue weighted by Gasteiger charge is 2.28. The molecular weight excluding hydrogens is 190 g/mol. The van der Waals surface area contributed by atoms with Crippen LogP contribution in [0.1, 0.15) is 13.3 Å². The maximum absolute atomic E-state index is 11.3. The number of rotatable bonds is 2. The number of aliphatic imine (C=N–C) groups is 1. The molecule has 0 aromatic heterocycles. The average Bonchev–Trinajstić information content (AvgIpc) is 2.66. The second kappa shape index (κ2) is 4.26. The van der Waals surface area contributed by atoms with Gasteiger partial charge in [-0.15, -0.1) is 0 Å². The summed E-state index contributed by atoms with van der Waals surface area (Å²) >= 11 is 0. The Kier molecular flexibility index (Phi) is 2.81. The number of benzene rings is 1. The van der Waals surface area contributed by atoms with Crippen LogP contribution in [-0.4, -0.2) is 18.3 Å². The summed E-state index contributed by atoms with van der Waals surface area (Å²) in [5, 5.41) is 0. The predicted octanol–water partition coefficient (Wildman–Crippen LogP) is 2.34. The number of esters is 1. The fourth-order valence-corrected chi connectivity index (χ4v) is 1.66. The number of hydrogen-bond acceptors (Lipinski definition) is 3. The van der Waals surface area contributed by atoms with Gasteiger partial charge in [-0.2, -0.15) is 0 Å². The molecule has 0 saturated carbocycles. The van der Waals surface area contributed by atoms with Gasteiger partial charge in [0.25, 0.3) is 0 Å². The van der Waals surface area contributed by atoms with Crippen molar-refractivity contribution in [3.05, 3.63) is 30.3 Å². The molecule has 1 heterocycles. The van der Waals surface area contributed by atoms with Crippen molar-refractivity contribution in [2.45, 2.75) is 13.3 Å². The van der Waals surface area contributed by atoms with Gasteiger partial charge >= 0.3 is 5.97 Å². The summed E-state index contributed by atoms with van der Waals surface area (Å²) in [5.41, 5.74) is 1.72. The van der Waals surface area contributed by atoms with Crippen LogP contribution < -0.4 is 0 Å². The molecule has 0 N–H and O–H groups in total. The molecular formula is C12H13NO2. The maximum atomic E-state index is 11.3.